The fourth-order valence-corrected chi connectivity index (χ4v) is 2.74. The summed E-state index contributed by atoms with van der Waals surface area (Å²) in [5.74, 6) is -0.00449. The van der Waals surface area contributed by atoms with E-state index in [1.807, 2.05) is 11.8 Å². The molecule has 0 bridgehead atoms. The highest BCUT2D eigenvalue weighted by Crippen LogP contribution is 2.21. The van der Waals surface area contributed by atoms with Crippen molar-refractivity contribution in [2.75, 3.05) is 13.1 Å². The van der Waals surface area contributed by atoms with Gasteiger partial charge in [-0.25, -0.2) is 4.98 Å². The smallest absolute Gasteiger partial charge is 0.257 e. The maximum absolute atomic E-state index is 12.6. The second kappa shape index (κ2) is 5.20. The Balaban J connectivity index is 1.92. The highest BCUT2D eigenvalue weighted by Gasteiger charge is 2.27. The van der Waals surface area contributed by atoms with Crippen LogP contribution in [0.25, 0.3) is 11.1 Å². The number of hydrogen-bond acceptors (Lipinski definition) is 5. The van der Waals surface area contributed by atoms with Gasteiger partial charge in [-0.1, -0.05) is 5.16 Å². The average Bonchev–Trinajstić information content (AvgIpc) is 2.87. The zero-order valence-corrected chi connectivity index (χ0v) is 11.5. The number of likely N-dealkylation sites (tertiary alicyclic amines) is 1. The molecule has 1 saturated heterocycles. The molecule has 2 aromatic rings. The number of fused-ring (bicyclic) bond motifs is 1. The van der Waals surface area contributed by atoms with Gasteiger partial charge in [0.15, 0.2) is 0 Å². The number of nitrogens with two attached hydrogens (primary N) is 1. The molecule has 1 aliphatic rings. The number of nitrogens with zero attached hydrogens (tertiary/aromatic N) is 3. The lowest BCUT2D eigenvalue weighted by molar-refractivity contribution is 0.0623. The van der Waals surface area contributed by atoms with Crippen molar-refractivity contribution in [3.63, 3.8) is 0 Å². The van der Waals surface area contributed by atoms with Gasteiger partial charge < -0.3 is 15.2 Å². The highest BCUT2D eigenvalue weighted by molar-refractivity contribution is 5.97. The van der Waals surface area contributed by atoms with Crippen LogP contribution in [0.1, 0.15) is 35.3 Å². The van der Waals surface area contributed by atoms with Gasteiger partial charge in [0.25, 0.3) is 11.6 Å². The van der Waals surface area contributed by atoms with Gasteiger partial charge in [-0.15, -0.1) is 0 Å². The predicted molar refractivity (Wildman–Crippen MR) is 74.3 cm³/mol. The summed E-state index contributed by atoms with van der Waals surface area (Å²) in [7, 11) is 0. The largest absolute Gasteiger partial charge is 0.336 e. The molecule has 6 heteroatoms. The topological polar surface area (TPSA) is 85.2 Å². The number of aryl methyl sites for hydroxylation is 1. The third-order valence-electron chi connectivity index (χ3n) is 3.92. The Kier molecular flexibility index (Phi) is 3.40. The molecule has 0 spiro atoms. The number of hydrogen-bond donors (Lipinski definition) is 1. The van der Waals surface area contributed by atoms with Gasteiger partial charge >= 0.3 is 0 Å². The minimum Gasteiger partial charge on any atom is -0.336 e. The Morgan fingerprint density at radius 2 is 2.40 bits per heavy atom. The van der Waals surface area contributed by atoms with Crippen LogP contribution in [0.15, 0.2) is 16.8 Å². The summed E-state index contributed by atoms with van der Waals surface area (Å²) < 4.78 is 5.07. The van der Waals surface area contributed by atoms with Crippen molar-refractivity contribution in [1.29, 1.82) is 0 Å². The minimum atomic E-state index is -0.00449. The normalized spacial score (nSPS) is 19.5. The predicted octanol–water partition coefficient (Wildman–Crippen LogP) is 1.48. The van der Waals surface area contributed by atoms with E-state index in [0.29, 0.717) is 17.8 Å². The van der Waals surface area contributed by atoms with Crippen LogP contribution in [-0.2, 0) is 0 Å². The quantitative estimate of drug-likeness (QED) is 0.896. The van der Waals surface area contributed by atoms with Crippen LogP contribution in [0, 0.1) is 6.92 Å². The van der Waals surface area contributed by atoms with E-state index >= 15 is 0 Å². The first-order valence-corrected chi connectivity index (χ1v) is 6.94. The van der Waals surface area contributed by atoms with Crippen molar-refractivity contribution in [1.82, 2.24) is 15.0 Å². The van der Waals surface area contributed by atoms with E-state index in [9.17, 15) is 4.79 Å². The van der Waals surface area contributed by atoms with E-state index in [4.69, 9.17) is 10.3 Å². The van der Waals surface area contributed by atoms with Crippen LogP contribution in [0.2, 0.25) is 0 Å². The van der Waals surface area contributed by atoms with Gasteiger partial charge in [-0.05, 0) is 32.3 Å². The summed E-state index contributed by atoms with van der Waals surface area (Å²) in [6, 6.07) is 1.94. The Labute approximate surface area is 116 Å². The van der Waals surface area contributed by atoms with Crippen molar-refractivity contribution in [3.05, 3.63) is 23.5 Å². The molecular weight excluding hydrogens is 256 g/mol. The zero-order chi connectivity index (χ0) is 14.1. The molecule has 0 saturated carbocycles. The van der Waals surface area contributed by atoms with E-state index < -0.39 is 0 Å². The Morgan fingerprint density at radius 1 is 1.55 bits per heavy atom. The first-order chi connectivity index (χ1) is 9.70. The second-order valence-corrected chi connectivity index (χ2v) is 5.23. The zero-order valence-electron chi connectivity index (χ0n) is 11.5. The van der Waals surface area contributed by atoms with Crippen LogP contribution < -0.4 is 5.73 Å². The summed E-state index contributed by atoms with van der Waals surface area (Å²) in [5.41, 5.74) is 7.56. The Morgan fingerprint density at radius 3 is 3.20 bits per heavy atom. The van der Waals surface area contributed by atoms with Crippen molar-refractivity contribution < 1.29 is 9.32 Å². The Hall–Kier alpha value is -1.95. The van der Waals surface area contributed by atoms with E-state index in [1.54, 1.807) is 12.3 Å². The second-order valence-electron chi connectivity index (χ2n) is 5.23. The average molecular weight is 274 g/mol. The van der Waals surface area contributed by atoms with Gasteiger partial charge in [-0.3, -0.25) is 4.79 Å². The molecule has 1 atom stereocenters. The van der Waals surface area contributed by atoms with Crippen molar-refractivity contribution in [3.8, 4) is 0 Å². The van der Waals surface area contributed by atoms with Crippen molar-refractivity contribution in [2.24, 2.45) is 5.73 Å². The lowest BCUT2D eigenvalue weighted by Gasteiger charge is -2.35. The van der Waals surface area contributed by atoms with Crippen LogP contribution >= 0.6 is 0 Å². The highest BCUT2D eigenvalue weighted by atomic mass is 16.5. The third-order valence-corrected chi connectivity index (χ3v) is 3.92. The first-order valence-electron chi connectivity index (χ1n) is 6.94. The van der Waals surface area contributed by atoms with Gasteiger partial charge in [0.2, 0.25) is 0 Å². The van der Waals surface area contributed by atoms with E-state index in [2.05, 4.69) is 10.1 Å². The van der Waals surface area contributed by atoms with Gasteiger partial charge in [0, 0.05) is 25.3 Å². The molecule has 1 aliphatic heterocycles. The lowest BCUT2D eigenvalue weighted by Crippen LogP contribution is -2.47. The maximum Gasteiger partial charge on any atom is 0.257 e. The number of rotatable bonds is 2. The van der Waals surface area contributed by atoms with Crippen LogP contribution in [0.3, 0.4) is 0 Å². The number of carbonyl (C=O) groups is 1. The number of aromatic nitrogens is 2. The first kappa shape index (κ1) is 13.1. The van der Waals surface area contributed by atoms with Gasteiger partial charge in [0.05, 0.1) is 16.6 Å². The van der Waals surface area contributed by atoms with Crippen LogP contribution in [-0.4, -0.2) is 40.1 Å². The van der Waals surface area contributed by atoms with Crippen LogP contribution in [0.4, 0.5) is 0 Å². The van der Waals surface area contributed by atoms with Gasteiger partial charge in [0.1, 0.15) is 0 Å². The Bertz CT molecular complexity index is 637. The molecule has 0 aromatic carbocycles. The molecule has 1 unspecified atom stereocenters. The molecule has 6 nitrogen and oxygen atoms in total. The fourth-order valence-electron chi connectivity index (χ4n) is 2.74. The molecule has 1 amide bonds. The monoisotopic (exact) mass is 274 g/mol. The number of amides is 1. The molecule has 2 N–H and O–H groups in total. The molecule has 3 heterocycles. The molecule has 3 rings (SSSR count). The molecule has 2 aromatic heterocycles. The van der Waals surface area contributed by atoms with Crippen molar-refractivity contribution in [2.45, 2.75) is 32.2 Å². The number of pyridine rings is 1. The number of carbonyl (C=O) groups excluding carboxylic acids is 1. The summed E-state index contributed by atoms with van der Waals surface area (Å²) in [6.45, 7) is 3.11. The summed E-state index contributed by atoms with van der Waals surface area (Å²) in [5, 5.41) is 4.65. The maximum atomic E-state index is 12.6. The molecule has 0 aliphatic carbocycles. The minimum absolute atomic E-state index is 0.00449. The molecule has 106 valence electrons. The number of piperidine rings is 1. The summed E-state index contributed by atoms with van der Waals surface area (Å²) in [6.07, 6.45) is 4.69. The van der Waals surface area contributed by atoms with Crippen molar-refractivity contribution >= 4 is 17.0 Å². The lowest BCUT2D eigenvalue weighted by atomic mass is 10.0. The molecule has 1 fully saturated rings. The van der Waals surface area contributed by atoms with Crippen LogP contribution in [0.5, 0.6) is 0 Å². The third kappa shape index (κ3) is 2.16. The molecule has 0 radical (unpaired) electrons. The summed E-state index contributed by atoms with van der Waals surface area (Å²) >= 11 is 0. The molecule has 20 heavy (non-hydrogen) atoms. The standard InChI is InChI=1S/C14H18N4O2/c1-9-12-6-10(8-16-13(12)20-17-9)14(19)18-5-3-2-4-11(18)7-15/h6,8,11H,2-5,7,15H2,1H3. The fraction of sp³-hybridized carbons (Fsp3) is 0.500. The summed E-state index contributed by atoms with van der Waals surface area (Å²) in [4.78, 5) is 18.7. The van der Waals surface area contributed by atoms with E-state index in [-0.39, 0.29) is 11.9 Å². The molecular formula is C14H18N4O2. The van der Waals surface area contributed by atoms with E-state index in [1.165, 1.54) is 0 Å². The SMILES string of the molecule is Cc1noc2ncc(C(=O)N3CCCCC3CN)cc12. The van der Waals surface area contributed by atoms with E-state index in [0.717, 1.165) is 36.9 Å². The van der Waals surface area contributed by atoms with Gasteiger partial charge in [-0.2, -0.15) is 0 Å².